The lowest BCUT2D eigenvalue weighted by Gasteiger charge is -2.13. The third-order valence-electron chi connectivity index (χ3n) is 3.23. The molecule has 0 unspecified atom stereocenters. The summed E-state index contributed by atoms with van der Waals surface area (Å²) in [6.07, 6.45) is 0. The number of hydrogen-bond acceptors (Lipinski definition) is 4. The van der Waals surface area contributed by atoms with Crippen LogP contribution in [0.1, 0.15) is 16.7 Å². The topological polar surface area (TPSA) is 74.6 Å². The zero-order valence-corrected chi connectivity index (χ0v) is 12.3. The first-order valence-corrected chi connectivity index (χ1v) is 7.57. The molecule has 0 heterocycles. The van der Waals surface area contributed by atoms with E-state index in [4.69, 9.17) is 0 Å². The predicted octanol–water partition coefficient (Wildman–Crippen LogP) is 2.86. The van der Waals surface area contributed by atoms with E-state index >= 15 is 0 Å². The third-order valence-corrected chi connectivity index (χ3v) is 5.30. The molecule has 0 spiro atoms. The average Bonchev–Trinajstić information content (AvgIpc) is 2.33. The Bertz CT molecular complexity index is 756. The molecule has 0 bridgehead atoms. The van der Waals surface area contributed by atoms with Gasteiger partial charge in [-0.3, -0.25) is 0 Å². The number of phenols is 2. The predicted molar refractivity (Wildman–Crippen MR) is 75.9 cm³/mol. The Morgan fingerprint density at radius 3 is 2.20 bits per heavy atom. The van der Waals surface area contributed by atoms with Gasteiger partial charge < -0.3 is 10.2 Å². The van der Waals surface area contributed by atoms with Crippen LogP contribution in [0.2, 0.25) is 0 Å². The van der Waals surface area contributed by atoms with Gasteiger partial charge in [-0.1, -0.05) is 12.1 Å². The van der Waals surface area contributed by atoms with Crippen LogP contribution >= 0.6 is 0 Å². The van der Waals surface area contributed by atoms with Gasteiger partial charge >= 0.3 is 0 Å². The second kappa shape index (κ2) is 4.83. The van der Waals surface area contributed by atoms with Gasteiger partial charge in [0.15, 0.2) is 0 Å². The maximum atomic E-state index is 12.7. The van der Waals surface area contributed by atoms with E-state index in [9.17, 15) is 18.6 Å². The Morgan fingerprint density at radius 1 is 0.950 bits per heavy atom. The summed E-state index contributed by atoms with van der Waals surface area (Å²) in [5, 5.41) is 19.7. The molecule has 0 aliphatic heterocycles. The molecule has 0 aliphatic carbocycles. The first-order valence-electron chi connectivity index (χ1n) is 6.09. The number of sulfone groups is 1. The number of rotatable bonds is 2. The van der Waals surface area contributed by atoms with Crippen molar-refractivity contribution in [1.29, 1.82) is 0 Å². The number of hydrogen-bond donors (Lipinski definition) is 2. The van der Waals surface area contributed by atoms with Crippen LogP contribution in [0.3, 0.4) is 0 Å². The SMILES string of the molecule is Cc1cc(O)c(C)c(S(=O)(=O)c2c(C)cccc2O)c1. The molecule has 5 heteroatoms. The van der Waals surface area contributed by atoms with Crippen LogP contribution in [0.4, 0.5) is 0 Å². The largest absolute Gasteiger partial charge is 0.508 e. The second-order valence-corrected chi connectivity index (χ2v) is 6.69. The van der Waals surface area contributed by atoms with E-state index < -0.39 is 9.84 Å². The highest BCUT2D eigenvalue weighted by atomic mass is 32.2. The lowest BCUT2D eigenvalue weighted by Crippen LogP contribution is -2.07. The van der Waals surface area contributed by atoms with Gasteiger partial charge in [0.1, 0.15) is 16.4 Å². The quantitative estimate of drug-likeness (QED) is 0.892. The zero-order chi connectivity index (χ0) is 15.1. The van der Waals surface area contributed by atoms with Crippen molar-refractivity contribution in [2.75, 3.05) is 0 Å². The van der Waals surface area contributed by atoms with Crippen molar-refractivity contribution in [2.24, 2.45) is 0 Å². The Labute approximate surface area is 118 Å². The van der Waals surface area contributed by atoms with E-state index in [1.54, 1.807) is 26.0 Å². The number of phenolic OH excluding ortho intramolecular Hbond substituents is 2. The number of aryl methyl sites for hydroxylation is 2. The summed E-state index contributed by atoms with van der Waals surface area (Å²) in [4.78, 5) is -0.104. The van der Waals surface area contributed by atoms with Gasteiger partial charge in [0.05, 0.1) is 4.90 Å². The minimum atomic E-state index is -3.89. The van der Waals surface area contributed by atoms with E-state index in [0.29, 0.717) is 11.1 Å². The van der Waals surface area contributed by atoms with Gasteiger partial charge in [-0.15, -0.1) is 0 Å². The molecular weight excluding hydrogens is 276 g/mol. The molecule has 2 rings (SSSR count). The molecule has 0 aromatic heterocycles. The molecule has 2 N–H and O–H groups in total. The van der Waals surface area contributed by atoms with E-state index in [-0.39, 0.29) is 26.9 Å². The van der Waals surface area contributed by atoms with Crippen LogP contribution in [0.5, 0.6) is 11.5 Å². The Hall–Kier alpha value is -2.01. The molecule has 0 fully saturated rings. The van der Waals surface area contributed by atoms with E-state index in [1.807, 2.05) is 0 Å². The first kappa shape index (κ1) is 14.4. The molecule has 0 amide bonds. The monoisotopic (exact) mass is 292 g/mol. The minimum Gasteiger partial charge on any atom is -0.508 e. The van der Waals surface area contributed by atoms with Crippen LogP contribution in [0, 0.1) is 20.8 Å². The molecule has 2 aromatic rings. The first-order chi connectivity index (χ1) is 9.25. The van der Waals surface area contributed by atoms with Crippen molar-refractivity contribution < 1.29 is 18.6 Å². The molecule has 0 saturated heterocycles. The highest BCUT2D eigenvalue weighted by Gasteiger charge is 2.26. The zero-order valence-electron chi connectivity index (χ0n) is 11.5. The fourth-order valence-electron chi connectivity index (χ4n) is 2.18. The van der Waals surface area contributed by atoms with Gasteiger partial charge in [0.2, 0.25) is 9.84 Å². The van der Waals surface area contributed by atoms with Gasteiger partial charge in [0.25, 0.3) is 0 Å². The van der Waals surface area contributed by atoms with Crippen LogP contribution in [0.15, 0.2) is 40.1 Å². The van der Waals surface area contributed by atoms with Crippen LogP contribution in [0.25, 0.3) is 0 Å². The standard InChI is InChI=1S/C15H16O4S/c1-9-7-13(17)11(3)14(8-9)20(18,19)15-10(2)5-4-6-12(15)16/h4-8,16-17H,1-3H3. The summed E-state index contributed by atoms with van der Waals surface area (Å²) < 4.78 is 25.5. The van der Waals surface area contributed by atoms with Gasteiger partial charge in [0, 0.05) is 5.56 Å². The lowest BCUT2D eigenvalue weighted by atomic mass is 10.1. The third kappa shape index (κ3) is 2.25. The van der Waals surface area contributed by atoms with Crippen molar-refractivity contribution in [3.05, 3.63) is 47.0 Å². The molecule has 4 nitrogen and oxygen atoms in total. The van der Waals surface area contributed by atoms with Crippen LogP contribution in [-0.4, -0.2) is 18.6 Å². The van der Waals surface area contributed by atoms with E-state index in [1.165, 1.54) is 25.1 Å². The average molecular weight is 292 g/mol. The van der Waals surface area contributed by atoms with E-state index in [2.05, 4.69) is 0 Å². The summed E-state index contributed by atoms with van der Waals surface area (Å²) >= 11 is 0. The normalized spacial score (nSPS) is 11.6. The number of aromatic hydroxyl groups is 2. The van der Waals surface area contributed by atoms with Crippen molar-refractivity contribution in [3.63, 3.8) is 0 Å². The van der Waals surface area contributed by atoms with Crippen molar-refractivity contribution >= 4 is 9.84 Å². The molecular formula is C15H16O4S. The van der Waals surface area contributed by atoms with Crippen molar-refractivity contribution in [3.8, 4) is 11.5 Å². The second-order valence-electron chi connectivity index (χ2n) is 4.83. The maximum absolute atomic E-state index is 12.7. The molecule has 0 atom stereocenters. The Morgan fingerprint density at radius 2 is 1.60 bits per heavy atom. The molecule has 0 saturated carbocycles. The molecule has 2 aromatic carbocycles. The van der Waals surface area contributed by atoms with Crippen LogP contribution in [-0.2, 0) is 9.84 Å². The summed E-state index contributed by atoms with van der Waals surface area (Å²) in [5.41, 5.74) is 1.38. The summed E-state index contributed by atoms with van der Waals surface area (Å²) in [6.45, 7) is 4.87. The molecule has 106 valence electrons. The number of benzene rings is 2. The molecule has 0 aliphatic rings. The maximum Gasteiger partial charge on any atom is 0.210 e. The Balaban J connectivity index is 2.81. The molecule has 0 radical (unpaired) electrons. The summed E-state index contributed by atoms with van der Waals surface area (Å²) in [6, 6.07) is 7.55. The van der Waals surface area contributed by atoms with Crippen molar-refractivity contribution in [2.45, 2.75) is 30.6 Å². The lowest BCUT2D eigenvalue weighted by molar-refractivity contribution is 0.456. The molecule has 20 heavy (non-hydrogen) atoms. The fraction of sp³-hybridized carbons (Fsp3) is 0.200. The highest BCUT2D eigenvalue weighted by molar-refractivity contribution is 7.91. The highest BCUT2D eigenvalue weighted by Crippen LogP contribution is 2.35. The van der Waals surface area contributed by atoms with E-state index in [0.717, 1.165) is 0 Å². The van der Waals surface area contributed by atoms with Gasteiger partial charge in [-0.25, -0.2) is 8.42 Å². The Kier molecular flexibility index (Phi) is 3.48. The summed E-state index contributed by atoms with van der Waals surface area (Å²) in [5.74, 6) is -0.359. The van der Waals surface area contributed by atoms with Crippen molar-refractivity contribution in [1.82, 2.24) is 0 Å². The van der Waals surface area contributed by atoms with Crippen LogP contribution < -0.4 is 0 Å². The summed E-state index contributed by atoms with van der Waals surface area (Å²) in [7, 11) is -3.89. The van der Waals surface area contributed by atoms with Gasteiger partial charge in [-0.2, -0.15) is 0 Å². The fourth-order valence-corrected chi connectivity index (χ4v) is 4.09. The van der Waals surface area contributed by atoms with Gasteiger partial charge in [-0.05, 0) is 50.1 Å². The smallest absolute Gasteiger partial charge is 0.210 e. The minimum absolute atomic E-state index is 0.0135.